The summed E-state index contributed by atoms with van der Waals surface area (Å²) in [5.41, 5.74) is 1.99. The van der Waals surface area contributed by atoms with Crippen LogP contribution in [-0.4, -0.2) is 19.5 Å². The van der Waals surface area contributed by atoms with Gasteiger partial charge in [-0.05, 0) is 24.3 Å². The van der Waals surface area contributed by atoms with Crippen molar-refractivity contribution >= 4 is 34.7 Å². The van der Waals surface area contributed by atoms with Crippen molar-refractivity contribution in [3.63, 3.8) is 0 Å². The van der Waals surface area contributed by atoms with E-state index in [1.165, 1.54) is 0 Å². The Balaban J connectivity index is 1.84. The first-order chi connectivity index (χ1) is 12.1. The largest absolute Gasteiger partial charge is 0.505 e. The number of furan rings is 1. The van der Waals surface area contributed by atoms with E-state index in [4.69, 9.17) is 27.6 Å². The van der Waals surface area contributed by atoms with Crippen molar-refractivity contribution in [1.82, 2.24) is 14.4 Å². The molecule has 4 rings (SSSR count). The summed E-state index contributed by atoms with van der Waals surface area (Å²) in [5.74, 6) is 1.38. The maximum atomic E-state index is 9.79. The van der Waals surface area contributed by atoms with E-state index in [0.29, 0.717) is 23.4 Å². The number of fused-ring (bicyclic) bond motifs is 1. The van der Waals surface area contributed by atoms with Gasteiger partial charge in [-0.25, -0.2) is 4.98 Å². The van der Waals surface area contributed by atoms with Crippen LogP contribution in [0.25, 0.3) is 16.9 Å². The molecule has 8 heteroatoms. The second-order valence-electron chi connectivity index (χ2n) is 5.33. The molecule has 0 unspecified atom stereocenters. The zero-order valence-electron chi connectivity index (χ0n) is 12.8. The average molecular weight is 375 g/mol. The Morgan fingerprint density at radius 1 is 1.24 bits per heavy atom. The number of benzene rings is 1. The van der Waals surface area contributed by atoms with E-state index in [2.05, 4.69) is 15.3 Å². The predicted octanol–water partition coefficient (Wildman–Crippen LogP) is 4.61. The van der Waals surface area contributed by atoms with Gasteiger partial charge in [0, 0.05) is 18.0 Å². The number of imidazole rings is 1. The molecule has 0 fully saturated rings. The van der Waals surface area contributed by atoms with E-state index in [1.54, 1.807) is 37.0 Å². The SMILES string of the molecule is Oc1c(Cl)cc(-c2nc3cnccn3c2NCc2ccco2)cc1Cl. The molecule has 2 N–H and O–H groups in total. The molecule has 0 spiro atoms. The van der Waals surface area contributed by atoms with Crippen LogP contribution in [0.15, 0.2) is 53.5 Å². The van der Waals surface area contributed by atoms with Gasteiger partial charge in [0.2, 0.25) is 0 Å². The lowest BCUT2D eigenvalue weighted by molar-refractivity contribution is 0.476. The molecule has 25 heavy (non-hydrogen) atoms. The lowest BCUT2D eigenvalue weighted by Crippen LogP contribution is -2.02. The van der Waals surface area contributed by atoms with Crippen molar-refractivity contribution in [3.05, 3.63) is 64.9 Å². The van der Waals surface area contributed by atoms with E-state index < -0.39 is 0 Å². The summed E-state index contributed by atoms with van der Waals surface area (Å²) in [5, 5.41) is 13.4. The zero-order valence-corrected chi connectivity index (χ0v) is 14.3. The number of phenolic OH excluding ortho intramolecular Hbond substituents is 1. The minimum Gasteiger partial charge on any atom is -0.505 e. The summed E-state index contributed by atoms with van der Waals surface area (Å²) in [4.78, 5) is 8.70. The number of rotatable bonds is 4. The summed E-state index contributed by atoms with van der Waals surface area (Å²) in [6, 6.07) is 6.95. The van der Waals surface area contributed by atoms with Gasteiger partial charge in [0.05, 0.1) is 29.1 Å². The van der Waals surface area contributed by atoms with Gasteiger partial charge < -0.3 is 14.8 Å². The van der Waals surface area contributed by atoms with Crippen molar-refractivity contribution in [2.75, 3.05) is 5.32 Å². The normalized spacial score (nSPS) is 11.1. The van der Waals surface area contributed by atoms with Crippen LogP contribution in [0.5, 0.6) is 5.75 Å². The van der Waals surface area contributed by atoms with Gasteiger partial charge >= 0.3 is 0 Å². The van der Waals surface area contributed by atoms with Crippen LogP contribution in [0.4, 0.5) is 5.82 Å². The molecule has 3 heterocycles. The van der Waals surface area contributed by atoms with Crippen molar-refractivity contribution in [3.8, 4) is 17.0 Å². The molecule has 0 aliphatic carbocycles. The van der Waals surface area contributed by atoms with Crippen molar-refractivity contribution in [2.45, 2.75) is 6.54 Å². The fourth-order valence-corrected chi connectivity index (χ4v) is 3.05. The van der Waals surface area contributed by atoms with Crippen LogP contribution in [0, 0.1) is 0 Å². The van der Waals surface area contributed by atoms with Crippen LogP contribution in [0.2, 0.25) is 10.0 Å². The molecule has 1 aromatic carbocycles. The third kappa shape index (κ3) is 2.90. The number of nitrogens with zero attached hydrogens (tertiary/aromatic N) is 3. The number of aromatic nitrogens is 3. The maximum Gasteiger partial charge on any atom is 0.157 e. The van der Waals surface area contributed by atoms with Crippen LogP contribution < -0.4 is 5.32 Å². The Morgan fingerprint density at radius 3 is 2.76 bits per heavy atom. The molecule has 3 aromatic heterocycles. The van der Waals surface area contributed by atoms with E-state index in [1.807, 2.05) is 16.5 Å². The summed E-state index contributed by atoms with van der Waals surface area (Å²) in [6.45, 7) is 0.482. The van der Waals surface area contributed by atoms with Crippen molar-refractivity contribution in [2.24, 2.45) is 0 Å². The number of halogens is 2. The minimum atomic E-state index is -0.150. The van der Waals surface area contributed by atoms with Crippen molar-refractivity contribution < 1.29 is 9.52 Å². The van der Waals surface area contributed by atoms with Crippen LogP contribution in [-0.2, 0) is 6.54 Å². The predicted molar refractivity (Wildman–Crippen MR) is 96.1 cm³/mol. The summed E-state index contributed by atoms with van der Waals surface area (Å²) in [7, 11) is 0. The van der Waals surface area contributed by atoms with E-state index >= 15 is 0 Å². The monoisotopic (exact) mass is 374 g/mol. The molecule has 126 valence electrons. The van der Waals surface area contributed by atoms with Gasteiger partial charge in [0.15, 0.2) is 11.4 Å². The highest BCUT2D eigenvalue weighted by atomic mass is 35.5. The molecule has 0 amide bonds. The number of phenols is 1. The van der Waals surface area contributed by atoms with E-state index in [9.17, 15) is 5.11 Å². The van der Waals surface area contributed by atoms with Gasteiger partial charge in [0.1, 0.15) is 17.3 Å². The summed E-state index contributed by atoms with van der Waals surface area (Å²) < 4.78 is 7.24. The van der Waals surface area contributed by atoms with Crippen LogP contribution >= 0.6 is 23.2 Å². The Hall–Kier alpha value is -2.70. The first-order valence-electron chi connectivity index (χ1n) is 7.40. The molecule has 0 atom stereocenters. The second kappa shape index (κ2) is 6.31. The Labute approximate surface area is 152 Å². The smallest absolute Gasteiger partial charge is 0.157 e. The standard InChI is InChI=1S/C17H12Cl2N4O2/c18-12-6-10(7-13(19)16(12)24)15-17(21-8-11-2-1-5-25-11)23-4-3-20-9-14(23)22-15/h1-7,9,21,24H,8H2. The number of hydrogen-bond acceptors (Lipinski definition) is 5. The number of hydrogen-bond donors (Lipinski definition) is 2. The zero-order chi connectivity index (χ0) is 17.4. The van der Waals surface area contributed by atoms with E-state index in [0.717, 1.165) is 11.6 Å². The third-order valence-electron chi connectivity index (χ3n) is 3.73. The molecule has 4 aromatic rings. The summed E-state index contributed by atoms with van der Waals surface area (Å²) in [6.07, 6.45) is 6.76. The number of nitrogens with one attached hydrogen (secondary N) is 1. The number of aromatic hydroxyl groups is 1. The van der Waals surface area contributed by atoms with Crippen LogP contribution in [0.1, 0.15) is 5.76 Å². The first-order valence-corrected chi connectivity index (χ1v) is 8.16. The highest BCUT2D eigenvalue weighted by Crippen LogP contribution is 2.38. The Morgan fingerprint density at radius 2 is 2.04 bits per heavy atom. The lowest BCUT2D eigenvalue weighted by Gasteiger charge is -2.09. The molecule has 0 radical (unpaired) electrons. The van der Waals surface area contributed by atoms with Gasteiger partial charge in [-0.1, -0.05) is 23.2 Å². The maximum absolute atomic E-state index is 9.79. The summed E-state index contributed by atoms with van der Waals surface area (Å²) >= 11 is 12.1. The molecule has 6 nitrogen and oxygen atoms in total. The minimum absolute atomic E-state index is 0.150. The fraction of sp³-hybridized carbons (Fsp3) is 0.0588. The molecular weight excluding hydrogens is 363 g/mol. The first kappa shape index (κ1) is 15.8. The van der Waals surface area contributed by atoms with Gasteiger partial charge in [-0.15, -0.1) is 0 Å². The Kier molecular flexibility index (Phi) is 3.99. The van der Waals surface area contributed by atoms with Crippen molar-refractivity contribution in [1.29, 1.82) is 0 Å². The van der Waals surface area contributed by atoms with E-state index in [-0.39, 0.29) is 15.8 Å². The molecule has 0 saturated heterocycles. The average Bonchev–Trinajstić information content (AvgIpc) is 3.24. The second-order valence-corrected chi connectivity index (χ2v) is 6.15. The van der Waals surface area contributed by atoms with Gasteiger partial charge in [-0.2, -0.15) is 0 Å². The molecule has 0 saturated carbocycles. The fourth-order valence-electron chi connectivity index (χ4n) is 2.56. The molecule has 0 aliphatic rings. The highest BCUT2D eigenvalue weighted by Gasteiger charge is 2.17. The quantitative estimate of drug-likeness (QED) is 0.545. The topological polar surface area (TPSA) is 75.6 Å². The van der Waals surface area contributed by atoms with Gasteiger partial charge in [0.25, 0.3) is 0 Å². The lowest BCUT2D eigenvalue weighted by atomic mass is 10.1. The third-order valence-corrected chi connectivity index (χ3v) is 4.31. The van der Waals surface area contributed by atoms with Crippen LogP contribution in [0.3, 0.4) is 0 Å². The Bertz CT molecular complexity index is 1020. The molecule has 0 aliphatic heterocycles. The molecule has 0 bridgehead atoms. The molecular formula is C17H12Cl2N4O2. The highest BCUT2D eigenvalue weighted by molar-refractivity contribution is 6.37. The number of anilines is 1. The van der Waals surface area contributed by atoms with Gasteiger partial charge in [-0.3, -0.25) is 9.38 Å².